The molecule has 0 aliphatic carbocycles. The van der Waals surface area contributed by atoms with Crippen LogP contribution in [0.5, 0.6) is 0 Å². The molecular weight excluding hydrogens is 240 g/mol. The minimum atomic E-state index is -1.07. The number of carboxylic acid groups (broad SMARTS) is 1. The second-order valence-electron chi connectivity index (χ2n) is 3.28. The zero-order valence-electron chi connectivity index (χ0n) is 8.44. The fourth-order valence-corrected chi connectivity index (χ4v) is 2.28. The van der Waals surface area contributed by atoms with Crippen molar-refractivity contribution in [2.75, 3.05) is 0 Å². The van der Waals surface area contributed by atoms with Gasteiger partial charge >= 0.3 is 5.97 Å². The molecule has 7 heteroatoms. The van der Waals surface area contributed by atoms with Crippen molar-refractivity contribution < 1.29 is 9.90 Å². The van der Waals surface area contributed by atoms with Gasteiger partial charge in [0.25, 0.3) is 0 Å². The monoisotopic (exact) mass is 246 g/mol. The van der Waals surface area contributed by atoms with Gasteiger partial charge in [-0.25, -0.2) is 19.3 Å². The lowest BCUT2D eigenvalue weighted by Crippen LogP contribution is -2.01. The van der Waals surface area contributed by atoms with Gasteiger partial charge in [-0.3, -0.25) is 0 Å². The highest BCUT2D eigenvalue weighted by Crippen LogP contribution is 2.24. The van der Waals surface area contributed by atoms with Crippen LogP contribution >= 0.6 is 11.3 Å². The summed E-state index contributed by atoms with van der Waals surface area (Å²) >= 11 is 1.50. The molecule has 6 nitrogen and oxygen atoms in total. The third-order valence-electron chi connectivity index (χ3n) is 2.25. The maximum absolute atomic E-state index is 10.8. The normalized spacial score (nSPS) is 10.8. The molecule has 0 radical (unpaired) electrons. The van der Waals surface area contributed by atoms with E-state index in [1.807, 2.05) is 11.6 Å². The maximum atomic E-state index is 10.8. The Bertz CT molecular complexity index is 703. The average molecular weight is 246 g/mol. The average Bonchev–Trinajstić information content (AvgIpc) is 2.90. The molecule has 1 N–H and O–H groups in total. The van der Waals surface area contributed by atoms with E-state index in [1.54, 1.807) is 10.7 Å². The molecule has 17 heavy (non-hydrogen) atoms. The van der Waals surface area contributed by atoms with Gasteiger partial charge < -0.3 is 5.11 Å². The topological polar surface area (TPSA) is 80.4 Å². The molecule has 3 aromatic heterocycles. The third-order valence-corrected chi connectivity index (χ3v) is 3.14. The Morgan fingerprint density at radius 1 is 1.47 bits per heavy atom. The molecule has 84 valence electrons. The van der Waals surface area contributed by atoms with Crippen LogP contribution in [0.4, 0.5) is 0 Å². The summed E-state index contributed by atoms with van der Waals surface area (Å²) in [7, 11) is 0. The first-order chi connectivity index (χ1) is 8.25. The Kier molecular flexibility index (Phi) is 2.12. The fraction of sp³-hybridized carbons (Fsp3) is 0. The van der Waals surface area contributed by atoms with Crippen molar-refractivity contribution in [3.63, 3.8) is 0 Å². The van der Waals surface area contributed by atoms with Gasteiger partial charge in [-0.1, -0.05) is 0 Å². The van der Waals surface area contributed by atoms with E-state index in [9.17, 15) is 4.79 Å². The number of nitrogens with zero attached hydrogens (tertiary/aromatic N) is 4. The number of aromatic carboxylic acids is 1. The van der Waals surface area contributed by atoms with E-state index in [2.05, 4.69) is 15.1 Å². The summed E-state index contributed by atoms with van der Waals surface area (Å²) in [4.78, 5) is 19.8. The molecule has 0 saturated carbocycles. The molecule has 0 spiro atoms. The molecule has 0 saturated heterocycles. The standard InChI is InChI=1S/C10H6N4O2S/c15-10(16)7-1-2-11-8(13-7)6-5-12-14-3-4-17-9(6)14/h1-5H,(H,15,16). The van der Waals surface area contributed by atoms with Gasteiger partial charge in [0.1, 0.15) is 4.83 Å². The lowest BCUT2D eigenvalue weighted by Gasteiger charge is -1.97. The second-order valence-corrected chi connectivity index (χ2v) is 4.18. The Morgan fingerprint density at radius 2 is 2.35 bits per heavy atom. The predicted octanol–water partition coefficient (Wildman–Crippen LogP) is 1.55. The van der Waals surface area contributed by atoms with E-state index in [4.69, 9.17) is 5.11 Å². The Hall–Kier alpha value is -2.28. The largest absolute Gasteiger partial charge is 0.477 e. The Morgan fingerprint density at radius 3 is 3.18 bits per heavy atom. The van der Waals surface area contributed by atoms with Crippen LogP contribution in [0, 0.1) is 0 Å². The number of hydrogen-bond donors (Lipinski definition) is 1. The van der Waals surface area contributed by atoms with Crippen molar-refractivity contribution >= 4 is 22.1 Å². The van der Waals surface area contributed by atoms with Crippen LogP contribution in [0.1, 0.15) is 10.5 Å². The quantitative estimate of drug-likeness (QED) is 0.742. The summed E-state index contributed by atoms with van der Waals surface area (Å²) in [5.74, 6) is -0.689. The van der Waals surface area contributed by atoms with Crippen molar-refractivity contribution in [2.45, 2.75) is 0 Å². The van der Waals surface area contributed by atoms with E-state index in [0.717, 1.165) is 10.4 Å². The number of carboxylic acids is 1. The summed E-state index contributed by atoms with van der Waals surface area (Å²) in [5, 5.41) is 14.9. The molecule has 0 amide bonds. The molecule has 0 unspecified atom stereocenters. The summed E-state index contributed by atoms with van der Waals surface area (Å²) in [6, 6.07) is 1.36. The van der Waals surface area contributed by atoms with Gasteiger partial charge in [0, 0.05) is 17.8 Å². The molecular formula is C10H6N4O2S. The minimum absolute atomic E-state index is 0.0223. The molecule has 0 aliphatic rings. The Balaban J connectivity index is 2.19. The minimum Gasteiger partial charge on any atom is -0.477 e. The van der Waals surface area contributed by atoms with Crippen LogP contribution in [-0.2, 0) is 0 Å². The summed E-state index contributed by atoms with van der Waals surface area (Å²) in [6.07, 6.45) is 4.89. The van der Waals surface area contributed by atoms with Crippen LogP contribution in [0.2, 0.25) is 0 Å². The van der Waals surface area contributed by atoms with E-state index in [1.165, 1.54) is 23.6 Å². The van der Waals surface area contributed by atoms with Gasteiger partial charge in [0.2, 0.25) is 0 Å². The third kappa shape index (κ3) is 1.56. The zero-order valence-corrected chi connectivity index (χ0v) is 9.26. The van der Waals surface area contributed by atoms with Gasteiger partial charge in [-0.2, -0.15) is 5.10 Å². The first kappa shape index (κ1) is 9.91. The van der Waals surface area contributed by atoms with Crippen molar-refractivity contribution in [2.24, 2.45) is 0 Å². The lowest BCUT2D eigenvalue weighted by molar-refractivity contribution is 0.0690. The van der Waals surface area contributed by atoms with E-state index in [-0.39, 0.29) is 5.69 Å². The molecule has 0 aliphatic heterocycles. The molecule has 3 aromatic rings. The van der Waals surface area contributed by atoms with Crippen LogP contribution in [0.15, 0.2) is 30.0 Å². The van der Waals surface area contributed by atoms with Gasteiger partial charge in [-0.05, 0) is 6.07 Å². The number of carbonyl (C=O) groups is 1. The number of aromatic nitrogens is 4. The predicted molar refractivity (Wildman–Crippen MR) is 61.1 cm³/mol. The highest BCUT2D eigenvalue weighted by molar-refractivity contribution is 7.16. The molecule has 0 aromatic carbocycles. The number of rotatable bonds is 2. The lowest BCUT2D eigenvalue weighted by atomic mass is 10.3. The van der Waals surface area contributed by atoms with Crippen molar-refractivity contribution in [1.82, 2.24) is 19.6 Å². The van der Waals surface area contributed by atoms with Crippen molar-refractivity contribution in [3.05, 3.63) is 35.7 Å². The summed E-state index contributed by atoms with van der Waals surface area (Å²) in [6.45, 7) is 0. The number of thiazole rings is 1. The molecule has 0 atom stereocenters. The van der Waals surface area contributed by atoms with E-state index < -0.39 is 5.97 Å². The van der Waals surface area contributed by atoms with Crippen LogP contribution in [0.3, 0.4) is 0 Å². The Labute approximate surface area is 99.2 Å². The van der Waals surface area contributed by atoms with Gasteiger partial charge in [0.15, 0.2) is 11.5 Å². The van der Waals surface area contributed by atoms with Gasteiger partial charge in [0.05, 0.1) is 11.8 Å². The highest BCUT2D eigenvalue weighted by atomic mass is 32.1. The maximum Gasteiger partial charge on any atom is 0.354 e. The van der Waals surface area contributed by atoms with E-state index >= 15 is 0 Å². The first-order valence-electron chi connectivity index (χ1n) is 4.73. The second kappa shape index (κ2) is 3.63. The number of fused-ring (bicyclic) bond motifs is 1. The smallest absolute Gasteiger partial charge is 0.354 e. The first-order valence-corrected chi connectivity index (χ1v) is 5.61. The SMILES string of the molecule is O=C(O)c1ccnc(-c2cnn3ccsc23)n1. The van der Waals surface area contributed by atoms with Crippen molar-refractivity contribution in [3.8, 4) is 11.4 Å². The molecule has 3 heterocycles. The number of hydrogen-bond acceptors (Lipinski definition) is 5. The highest BCUT2D eigenvalue weighted by Gasteiger charge is 2.12. The van der Waals surface area contributed by atoms with Gasteiger partial charge in [-0.15, -0.1) is 11.3 Å². The molecule has 0 bridgehead atoms. The fourth-order valence-electron chi connectivity index (χ4n) is 1.49. The summed E-state index contributed by atoms with van der Waals surface area (Å²) < 4.78 is 1.71. The van der Waals surface area contributed by atoms with Crippen LogP contribution in [-0.4, -0.2) is 30.7 Å². The van der Waals surface area contributed by atoms with Crippen molar-refractivity contribution in [1.29, 1.82) is 0 Å². The summed E-state index contributed by atoms with van der Waals surface area (Å²) in [5.41, 5.74) is 0.717. The molecule has 0 fully saturated rings. The van der Waals surface area contributed by atoms with E-state index in [0.29, 0.717) is 5.82 Å². The zero-order chi connectivity index (χ0) is 11.8. The molecule has 3 rings (SSSR count). The van der Waals surface area contributed by atoms with Crippen LogP contribution in [0.25, 0.3) is 16.2 Å². The van der Waals surface area contributed by atoms with Crippen LogP contribution < -0.4 is 0 Å².